The highest BCUT2D eigenvalue weighted by Crippen LogP contribution is 2.22. The Balaban J connectivity index is 1.95. The van der Waals surface area contributed by atoms with Crippen molar-refractivity contribution < 1.29 is 17.9 Å². The van der Waals surface area contributed by atoms with E-state index in [1.807, 2.05) is 20.8 Å². The van der Waals surface area contributed by atoms with Crippen LogP contribution in [-0.2, 0) is 14.8 Å². The number of carbonyl (C=O) groups excluding carboxylic acids is 1. The molecule has 0 unspecified atom stereocenters. The van der Waals surface area contributed by atoms with Crippen LogP contribution >= 0.6 is 0 Å². The van der Waals surface area contributed by atoms with Crippen LogP contribution in [0.15, 0.2) is 29.2 Å². The van der Waals surface area contributed by atoms with Crippen LogP contribution in [0.1, 0.15) is 27.2 Å². The predicted molar refractivity (Wildman–Crippen MR) is 92.7 cm³/mol. The quantitative estimate of drug-likeness (QED) is 0.858. The van der Waals surface area contributed by atoms with Gasteiger partial charge in [0.2, 0.25) is 10.0 Å². The van der Waals surface area contributed by atoms with E-state index in [1.54, 1.807) is 24.3 Å². The molecule has 134 valence electrons. The summed E-state index contributed by atoms with van der Waals surface area (Å²) in [7, 11) is -2.04. The standard InChI is InChI=1S/C16H25N3O4S/c1-16(2,3)23-15(20)18-12-9-10-19(11-12)13-5-7-14(8-6-13)24(21,22)17-4/h5-8,12,17H,9-11H2,1-4H3,(H,18,20)/t12-/m0/s1. The number of nitrogens with zero attached hydrogens (tertiary/aromatic N) is 1. The van der Waals surface area contributed by atoms with Gasteiger partial charge in [-0.05, 0) is 58.5 Å². The normalized spacial score (nSPS) is 18.5. The van der Waals surface area contributed by atoms with Crippen molar-refractivity contribution in [1.82, 2.24) is 10.0 Å². The summed E-state index contributed by atoms with van der Waals surface area (Å²) in [6.45, 7) is 6.94. The SMILES string of the molecule is CNS(=O)(=O)c1ccc(N2CC[C@H](NC(=O)OC(C)(C)C)C2)cc1. The number of alkyl carbamates (subject to hydrolysis) is 1. The lowest BCUT2D eigenvalue weighted by atomic mass is 10.2. The fourth-order valence-corrected chi connectivity index (χ4v) is 3.27. The number of hydrogen-bond donors (Lipinski definition) is 2. The molecule has 0 aliphatic carbocycles. The van der Waals surface area contributed by atoms with Gasteiger partial charge in [0, 0.05) is 18.8 Å². The summed E-state index contributed by atoms with van der Waals surface area (Å²) in [5.41, 5.74) is 0.412. The fraction of sp³-hybridized carbons (Fsp3) is 0.562. The zero-order valence-corrected chi connectivity index (χ0v) is 15.3. The van der Waals surface area contributed by atoms with E-state index < -0.39 is 21.7 Å². The van der Waals surface area contributed by atoms with Crippen molar-refractivity contribution in [1.29, 1.82) is 0 Å². The van der Waals surface area contributed by atoms with Crippen molar-refractivity contribution in [3.8, 4) is 0 Å². The molecule has 0 bridgehead atoms. The summed E-state index contributed by atoms with van der Waals surface area (Å²) < 4.78 is 31.0. The van der Waals surface area contributed by atoms with Crippen LogP contribution < -0.4 is 14.9 Å². The van der Waals surface area contributed by atoms with Crippen molar-refractivity contribution in [3.05, 3.63) is 24.3 Å². The number of nitrogens with one attached hydrogen (secondary N) is 2. The Morgan fingerprint density at radius 2 is 1.88 bits per heavy atom. The highest BCUT2D eigenvalue weighted by Gasteiger charge is 2.26. The molecule has 7 nitrogen and oxygen atoms in total. The number of ether oxygens (including phenoxy) is 1. The minimum Gasteiger partial charge on any atom is -0.444 e. The Kier molecular flexibility index (Phi) is 5.39. The third-order valence-electron chi connectivity index (χ3n) is 3.69. The summed E-state index contributed by atoms with van der Waals surface area (Å²) in [6.07, 6.45) is 0.403. The van der Waals surface area contributed by atoms with Gasteiger partial charge in [-0.3, -0.25) is 0 Å². The molecule has 0 saturated carbocycles. The molecule has 24 heavy (non-hydrogen) atoms. The highest BCUT2D eigenvalue weighted by atomic mass is 32.2. The van der Waals surface area contributed by atoms with E-state index >= 15 is 0 Å². The Morgan fingerprint density at radius 1 is 1.25 bits per heavy atom. The lowest BCUT2D eigenvalue weighted by Crippen LogP contribution is -2.40. The molecule has 1 aliphatic heterocycles. The van der Waals surface area contributed by atoms with Crippen LogP contribution in [0.2, 0.25) is 0 Å². The van der Waals surface area contributed by atoms with Gasteiger partial charge >= 0.3 is 6.09 Å². The van der Waals surface area contributed by atoms with Gasteiger partial charge in [0.05, 0.1) is 10.9 Å². The van der Waals surface area contributed by atoms with Crippen molar-refractivity contribution in [2.45, 2.75) is 43.7 Å². The van der Waals surface area contributed by atoms with E-state index in [2.05, 4.69) is 14.9 Å². The van der Waals surface area contributed by atoms with E-state index in [0.29, 0.717) is 6.54 Å². The Bertz CT molecular complexity index is 680. The first-order valence-electron chi connectivity index (χ1n) is 7.89. The van der Waals surface area contributed by atoms with Gasteiger partial charge in [-0.1, -0.05) is 0 Å². The molecular formula is C16H25N3O4S. The van der Waals surface area contributed by atoms with Gasteiger partial charge in [0.1, 0.15) is 5.60 Å². The smallest absolute Gasteiger partial charge is 0.407 e. The van der Waals surface area contributed by atoms with Crippen LogP contribution in [0.3, 0.4) is 0 Å². The summed E-state index contributed by atoms with van der Waals surface area (Å²) in [5, 5.41) is 2.87. The number of sulfonamides is 1. The molecule has 8 heteroatoms. The maximum atomic E-state index is 11.8. The van der Waals surface area contributed by atoms with Gasteiger partial charge in [-0.15, -0.1) is 0 Å². The molecule has 1 amide bonds. The predicted octanol–water partition coefficient (Wildman–Crippen LogP) is 1.70. The second kappa shape index (κ2) is 6.98. The van der Waals surface area contributed by atoms with Crippen LogP contribution in [-0.4, -0.2) is 46.3 Å². The monoisotopic (exact) mass is 355 g/mol. The largest absolute Gasteiger partial charge is 0.444 e. The molecule has 0 spiro atoms. The topological polar surface area (TPSA) is 87.7 Å². The van der Waals surface area contributed by atoms with Crippen molar-refractivity contribution in [3.63, 3.8) is 0 Å². The second-order valence-corrected chi connectivity index (χ2v) is 8.67. The fourth-order valence-electron chi connectivity index (χ4n) is 2.54. The van der Waals surface area contributed by atoms with Crippen molar-refractivity contribution >= 4 is 21.8 Å². The molecule has 2 N–H and O–H groups in total. The number of hydrogen-bond acceptors (Lipinski definition) is 5. The van der Waals surface area contributed by atoms with Gasteiger partial charge in [0.25, 0.3) is 0 Å². The van der Waals surface area contributed by atoms with Crippen LogP contribution in [0.5, 0.6) is 0 Å². The molecule has 0 radical (unpaired) electrons. The number of anilines is 1. The van der Waals surface area contributed by atoms with Crippen molar-refractivity contribution in [2.24, 2.45) is 0 Å². The summed E-state index contributed by atoms with van der Waals surface area (Å²) in [6, 6.07) is 6.73. The van der Waals surface area contributed by atoms with E-state index in [0.717, 1.165) is 18.7 Å². The molecule has 1 aromatic carbocycles. The van der Waals surface area contributed by atoms with E-state index in [4.69, 9.17) is 4.74 Å². The zero-order valence-electron chi connectivity index (χ0n) is 14.5. The molecule has 1 aromatic rings. The lowest BCUT2D eigenvalue weighted by Gasteiger charge is -2.22. The van der Waals surface area contributed by atoms with E-state index in [1.165, 1.54) is 7.05 Å². The Morgan fingerprint density at radius 3 is 2.42 bits per heavy atom. The second-order valence-electron chi connectivity index (χ2n) is 6.78. The molecule has 1 atom stereocenters. The number of carbonyl (C=O) groups is 1. The first-order valence-corrected chi connectivity index (χ1v) is 9.37. The zero-order chi connectivity index (χ0) is 18.0. The maximum Gasteiger partial charge on any atom is 0.407 e. The molecule has 1 aliphatic rings. The third-order valence-corrected chi connectivity index (χ3v) is 5.12. The minimum atomic E-state index is -3.42. The minimum absolute atomic E-state index is 0.0144. The third kappa shape index (κ3) is 4.85. The molecule has 1 fully saturated rings. The average Bonchev–Trinajstić information content (AvgIpc) is 2.93. The van der Waals surface area contributed by atoms with Crippen LogP contribution in [0.25, 0.3) is 0 Å². The highest BCUT2D eigenvalue weighted by molar-refractivity contribution is 7.89. The number of rotatable bonds is 4. The molecule has 2 rings (SSSR count). The lowest BCUT2D eigenvalue weighted by molar-refractivity contribution is 0.0509. The van der Waals surface area contributed by atoms with Crippen molar-refractivity contribution in [2.75, 3.05) is 25.0 Å². The van der Waals surface area contributed by atoms with Crippen LogP contribution in [0, 0.1) is 0 Å². The maximum absolute atomic E-state index is 11.8. The van der Waals surface area contributed by atoms with Gasteiger partial charge in [-0.25, -0.2) is 17.9 Å². The first-order chi connectivity index (χ1) is 11.1. The summed E-state index contributed by atoms with van der Waals surface area (Å²) >= 11 is 0. The van der Waals surface area contributed by atoms with Crippen LogP contribution in [0.4, 0.5) is 10.5 Å². The number of benzene rings is 1. The van der Waals surface area contributed by atoms with E-state index in [-0.39, 0.29) is 10.9 Å². The average molecular weight is 355 g/mol. The number of amides is 1. The van der Waals surface area contributed by atoms with Gasteiger partial charge in [0.15, 0.2) is 0 Å². The first kappa shape index (κ1) is 18.5. The van der Waals surface area contributed by atoms with Gasteiger partial charge in [-0.2, -0.15) is 0 Å². The Hall–Kier alpha value is -1.80. The summed E-state index contributed by atoms with van der Waals surface area (Å²) in [4.78, 5) is 14.2. The molecule has 0 aromatic heterocycles. The Labute approximate surface area is 143 Å². The van der Waals surface area contributed by atoms with Gasteiger partial charge < -0.3 is 15.0 Å². The molecular weight excluding hydrogens is 330 g/mol. The van der Waals surface area contributed by atoms with E-state index in [9.17, 15) is 13.2 Å². The molecule has 1 saturated heterocycles. The summed E-state index contributed by atoms with van der Waals surface area (Å²) in [5.74, 6) is 0. The molecule has 1 heterocycles.